The first-order chi connectivity index (χ1) is 14.2. The van der Waals surface area contributed by atoms with Crippen LogP contribution in [0.15, 0.2) is 41.3 Å². The van der Waals surface area contributed by atoms with Crippen molar-refractivity contribution in [2.45, 2.75) is 30.7 Å². The van der Waals surface area contributed by atoms with Crippen LogP contribution in [-0.4, -0.2) is 44.8 Å². The van der Waals surface area contributed by atoms with Crippen LogP contribution in [0.2, 0.25) is 5.02 Å². The maximum absolute atomic E-state index is 13.0. The Morgan fingerprint density at radius 3 is 2.37 bits per heavy atom. The van der Waals surface area contributed by atoms with E-state index in [-0.39, 0.29) is 34.2 Å². The summed E-state index contributed by atoms with van der Waals surface area (Å²) < 4.78 is 37.1. The van der Waals surface area contributed by atoms with Crippen LogP contribution in [-0.2, 0) is 19.6 Å². The maximum Gasteiger partial charge on any atom is 0.267 e. The summed E-state index contributed by atoms with van der Waals surface area (Å²) in [6.07, 6.45) is 0.0195. The Bertz CT molecular complexity index is 1090. The van der Waals surface area contributed by atoms with Gasteiger partial charge in [0, 0.05) is 12.5 Å². The lowest BCUT2D eigenvalue weighted by molar-refractivity contribution is -0.128. The molecule has 1 aliphatic heterocycles. The van der Waals surface area contributed by atoms with Gasteiger partial charge in [0.2, 0.25) is 11.8 Å². The third kappa shape index (κ3) is 4.08. The summed E-state index contributed by atoms with van der Waals surface area (Å²) >= 11 is 6.13. The van der Waals surface area contributed by atoms with E-state index < -0.39 is 27.9 Å². The van der Waals surface area contributed by atoms with Crippen molar-refractivity contribution in [3.63, 3.8) is 0 Å². The van der Waals surface area contributed by atoms with Crippen LogP contribution in [0.1, 0.15) is 18.4 Å². The van der Waals surface area contributed by atoms with E-state index in [2.05, 4.69) is 5.32 Å². The molecule has 0 spiro atoms. The molecule has 1 unspecified atom stereocenters. The molecule has 1 saturated heterocycles. The van der Waals surface area contributed by atoms with Crippen molar-refractivity contribution in [3.05, 3.63) is 47.0 Å². The zero-order valence-electron chi connectivity index (χ0n) is 16.6. The van der Waals surface area contributed by atoms with Gasteiger partial charge in [-0.1, -0.05) is 29.3 Å². The predicted molar refractivity (Wildman–Crippen MR) is 111 cm³/mol. The van der Waals surface area contributed by atoms with E-state index in [0.29, 0.717) is 10.1 Å². The lowest BCUT2D eigenvalue weighted by Crippen LogP contribution is -2.45. The van der Waals surface area contributed by atoms with Gasteiger partial charge < -0.3 is 14.8 Å². The second-order valence-electron chi connectivity index (χ2n) is 6.74. The summed E-state index contributed by atoms with van der Waals surface area (Å²) in [6.45, 7) is 1.82. The zero-order chi connectivity index (χ0) is 22.1. The number of sulfonamides is 1. The molecule has 2 aromatic rings. The number of amides is 2. The molecule has 160 valence electrons. The molecule has 1 fully saturated rings. The van der Waals surface area contributed by atoms with Gasteiger partial charge in [-0.05, 0) is 31.5 Å². The van der Waals surface area contributed by atoms with Crippen LogP contribution in [0.3, 0.4) is 0 Å². The average Bonchev–Trinajstić information content (AvgIpc) is 3.11. The van der Waals surface area contributed by atoms with Gasteiger partial charge in [-0.2, -0.15) is 0 Å². The van der Waals surface area contributed by atoms with E-state index >= 15 is 0 Å². The minimum Gasteiger partial charge on any atom is -0.495 e. The minimum atomic E-state index is -4.18. The highest BCUT2D eigenvalue weighted by atomic mass is 35.5. The fourth-order valence-electron chi connectivity index (χ4n) is 3.20. The number of anilines is 1. The third-order valence-electron chi connectivity index (χ3n) is 4.77. The van der Waals surface area contributed by atoms with Gasteiger partial charge in [0.25, 0.3) is 10.0 Å². The first-order valence-corrected chi connectivity index (χ1v) is 10.9. The normalized spacial score (nSPS) is 16.5. The number of carbonyl (C=O) groups excluding carboxylic acids is 2. The van der Waals surface area contributed by atoms with Gasteiger partial charge >= 0.3 is 0 Å². The quantitative estimate of drug-likeness (QED) is 0.722. The fourth-order valence-corrected chi connectivity index (χ4v) is 5.04. The molecule has 1 aliphatic rings. The van der Waals surface area contributed by atoms with Crippen molar-refractivity contribution in [2.24, 2.45) is 0 Å². The van der Waals surface area contributed by atoms with Gasteiger partial charge in [-0.15, -0.1) is 0 Å². The van der Waals surface area contributed by atoms with Crippen molar-refractivity contribution in [1.82, 2.24) is 4.31 Å². The summed E-state index contributed by atoms with van der Waals surface area (Å²) in [7, 11) is -1.33. The van der Waals surface area contributed by atoms with Crippen molar-refractivity contribution in [2.75, 3.05) is 19.5 Å². The largest absolute Gasteiger partial charge is 0.495 e. The minimum absolute atomic E-state index is 0.0498. The number of methoxy groups -OCH3 is 2. The van der Waals surface area contributed by atoms with Crippen molar-refractivity contribution < 1.29 is 27.5 Å². The summed E-state index contributed by atoms with van der Waals surface area (Å²) in [5.74, 6) is -0.653. The highest BCUT2D eigenvalue weighted by Crippen LogP contribution is 2.36. The second kappa shape index (κ2) is 8.53. The number of rotatable bonds is 6. The maximum atomic E-state index is 13.0. The smallest absolute Gasteiger partial charge is 0.267 e. The average molecular weight is 453 g/mol. The third-order valence-corrected chi connectivity index (χ3v) is 6.91. The van der Waals surface area contributed by atoms with Crippen molar-refractivity contribution in [3.8, 4) is 11.5 Å². The number of benzene rings is 2. The highest BCUT2D eigenvalue weighted by Gasteiger charge is 2.44. The van der Waals surface area contributed by atoms with E-state index in [1.807, 2.05) is 6.92 Å². The van der Waals surface area contributed by atoms with Crippen LogP contribution in [0.25, 0.3) is 0 Å². The molecule has 3 rings (SSSR count). The van der Waals surface area contributed by atoms with Gasteiger partial charge in [0.1, 0.15) is 17.5 Å². The van der Waals surface area contributed by atoms with Crippen LogP contribution >= 0.6 is 11.6 Å². The van der Waals surface area contributed by atoms with Crippen molar-refractivity contribution in [1.29, 1.82) is 0 Å². The van der Waals surface area contributed by atoms with Crippen LogP contribution in [0.4, 0.5) is 5.69 Å². The molecular formula is C20H21ClN2O6S. The van der Waals surface area contributed by atoms with E-state index in [4.69, 9.17) is 21.1 Å². The van der Waals surface area contributed by atoms with Crippen LogP contribution in [0.5, 0.6) is 11.5 Å². The molecule has 0 bridgehead atoms. The topological polar surface area (TPSA) is 102 Å². The molecule has 1 atom stereocenters. The van der Waals surface area contributed by atoms with E-state index in [9.17, 15) is 18.0 Å². The summed E-state index contributed by atoms with van der Waals surface area (Å²) in [5, 5.41) is 2.85. The van der Waals surface area contributed by atoms with Crippen LogP contribution in [0, 0.1) is 6.92 Å². The van der Waals surface area contributed by atoms with E-state index in [1.54, 1.807) is 12.1 Å². The number of nitrogens with zero attached hydrogens (tertiary/aromatic N) is 1. The Morgan fingerprint density at radius 2 is 1.77 bits per heavy atom. The number of hydrogen-bond acceptors (Lipinski definition) is 6. The monoisotopic (exact) mass is 452 g/mol. The van der Waals surface area contributed by atoms with Gasteiger partial charge in [0.05, 0.1) is 29.8 Å². The number of carbonyl (C=O) groups is 2. The number of nitrogens with one attached hydrogen (secondary N) is 1. The number of aryl methyl sites for hydroxylation is 1. The van der Waals surface area contributed by atoms with E-state index in [1.165, 1.54) is 38.5 Å². The van der Waals surface area contributed by atoms with Gasteiger partial charge in [-0.25, -0.2) is 12.7 Å². The van der Waals surface area contributed by atoms with Crippen LogP contribution < -0.4 is 14.8 Å². The molecule has 1 heterocycles. The standard InChI is InChI=1S/C20H21ClN2O6S/c1-12-4-6-13(7-5-12)30(26,27)23-16(8-9-19(23)24)20(25)22-15-10-14(21)17(28-2)11-18(15)29-3/h4-7,10-11,16H,8-9H2,1-3H3,(H,22,25). The highest BCUT2D eigenvalue weighted by molar-refractivity contribution is 7.89. The lowest BCUT2D eigenvalue weighted by atomic mass is 10.2. The second-order valence-corrected chi connectivity index (χ2v) is 8.96. The lowest BCUT2D eigenvalue weighted by Gasteiger charge is -2.24. The summed E-state index contributed by atoms with van der Waals surface area (Å²) in [6, 6.07) is 7.84. The van der Waals surface area contributed by atoms with E-state index in [0.717, 1.165) is 5.56 Å². The molecule has 10 heteroatoms. The fraction of sp³-hybridized carbons (Fsp3) is 0.300. The summed E-state index contributed by atoms with van der Waals surface area (Å²) in [5.41, 5.74) is 1.11. The van der Waals surface area contributed by atoms with Crippen molar-refractivity contribution >= 4 is 39.1 Å². The Balaban J connectivity index is 1.91. The molecule has 0 aromatic heterocycles. The molecule has 8 nitrogen and oxygen atoms in total. The molecule has 0 saturated carbocycles. The number of halogens is 1. The Hall–Kier alpha value is -2.78. The SMILES string of the molecule is COc1cc(OC)c(NC(=O)C2CCC(=O)N2S(=O)(=O)c2ccc(C)cc2)cc1Cl. The molecule has 30 heavy (non-hydrogen) atoms. The first kappa shape index (κ1) is 21.9. The molecule has 1 N–H and O–H groups in total. The van der Waals surface area contributed by atoms with Gasteiger partial charge in [-0.3, -0.25) is 9.59 Å². The number of hydrogen-bond donors (Lipinski definition) is 1. The Kier molecular flexibility index (Phi) is 6.23. The molecule has 0 radical (unpaired) electrons. The molecule has 2 amide bonds. The number of ether oxygens (including phenoxy) is 2. The predicted octanol–water partition coefficient (Wildman–Crippen LogP) is 2.98. The zero-order valence-corrected chi connectivity index (χ0v) is 18.2. The van der Waals surface area contributed by atoms with Gasteiger partial charge in [0.15, 0.2) is 0 Å². The molecule has 0 aliphatic carbocycles. The molecule has 2 aromatic carbocycles. The Morgan fingerprint density at radius 1 is 1.13 bits per heavy atom. The Labute approximate surface area is 179 Å². The first-order valence-electron chi connectivity index (χ1n) is 9.05. The molecular weight excluding hydrogens is 432 g/mol. The summed E-state index contributed by atoms with van der Waals surface area (Å²) in [4.78, 5) is 25.3.